The number of ether oxygens (including phenoxy) is 2. The Morgan fingerprint density at radius 2 is 1.81 bits per heavy atom. The lowest BCUT2D eigenvalue weighted by molar-refractivity contribution is -0.201. The van der Waals surface area contributed by atoms with Crippen LogP contribution < -0.4 is 0 Å². The Bertz CT molecular complexity index is 626. The van der Waals surface area contributed by atoms with Crippen LogP contribution in [0.4, 0.5) is 0 Å². The zero-order chi connectivity index (χ0) is 18.9. The van der Waals surface area contributed by atoms with Gasteiger partial charge in [0.1, 0.15) is 12.0 Å². The van der Waals surface area contributed by atoms with Crippen LogP contribution in [0.1, 0.15) is 73.1 Å². The summed E-state index contributed by atoms with van der Waals surface area (Å²) in [5, 5.41) is 0. The van der Waals surface area contributed by atoms with Crippen molar-refractivity contribution in [2.75, 3.05) is 6.61 Å². The highest BCUT2D eigenvalue weighted by atomic mass is 16.6. The summed E-state index contributed by atoms with van der Waals surface area (Å²) in [5.74, 6) is 0.663. The highest BCUT2D eigenvalue weighted by Gasteiger charge is 2.67. The lowest BCUT2D eigenvalue weighted by atomic mass is 9.38. The van der Waals surface area contributed by atoms with Crippen molar-refractivity contribution in [2.24, 2.45) is 39.9 Å². The van der Waals surface area contributed by atoms with Gasteiger partial charge in [-0.05, 0) is 60.2 Å². The quantitative estimate of drug-likeness (QED) is 0.650. The summed E-state index contributed by atoms with van der Waals surface area (Å²) < 4.78 is 11.2. The number of esters is 2. The number of carbonyl (C=O) groups is 2. The summed E-state index contributed by atoms with van der Waals surface area (Å²) in [6, 6.07) is 0. The maximum absolute atomic E-state index is 12.5. The fraction of sp³-hybridized carbons (Fsp3) is 0.909. The number of fused-ring (bicyclic) bond motifs is 5. The summed E-state index contributed by atoms with van der Waals surface area (Å²) in [6.07, 6.45) is 6.73. The summed E-state index contributed by atoms with van der Waals surface area (Å²) >= 11 is 0. The van der Waals surface area contributed by atoms with Crippen molar-refractivity contribution >= 4 is 11.9 Å². The van der Waals surface area contributed by atoms with E-state index in [1.807, 2.05) is 0 Å². The van der Waals surface area contributed by atoms with Crippen LogP contribution in [0.2, 0.25) is 0 Å². The van der Waals surface area contributed by atoms with Crippen molar-refractivity contribution < 1.29 is 19.1 Å². The second-order valence-corrected chi connectivity index (χ2v) is 10.6. The summed E-state index contributed by atoms with van der Waals surface area (Å²) in [5.41, 5.74) is 0.722. The van der Waals surface area contributed by atoms with Crippen LogP contribution in [0, 0.1) is 39.9 Å². The molecule has 4 aliphatic rings. The summed E-state index contributed by atoms with van der Waals surface area (Å²) in [7, 11) is 0. The number of carbonyl (C=O) groups excluding carboxylic acids is 2. The molecule has 4 fully saturated rings. The molecule has 0 radical (unpaired) electrons. The van der Waals surface area contributed by atoms with E-state index in [9.17, 15) is 9.59 Å². The average Bonchev–Trinajstić information content (AvgIpc) is 2.91. The first-order chi connectivity index (χ1) is 12.1. The molecule has 3 saturated carbocycles. The molecular weight excluding hydrogens is 328 g/mol. The molecule has 0 amide bonds. The maximum Gasteiger partial charge on any atom is 0.313 e. The van der Waals surface area contributed by atoms with Gasteiger partial charge in [-0.15, -0.1) is 0 Å². The monoisotopic (exact) mass is 362 g/mol. The first kappa shape index (κ1) is 18.3. The molecule has 1 aliphatic heterocycles. The third-order valence-electron chi connectivity index (χ3n) is 8.98. The van der Waals surface area contributed by atoms with Gasteiger partial charge in [0.25, 0.3) is 0 Å². The molecular formula is C22H34O4. The SMILES string of the molecule is CC(=O)O[C@H]1C[C@H]2[C@@](C)(CC[C@H]3C(C)(C)CCC[C@]23C)[C@@H]2COC(=O)[C@H]12. The van der Waals surface area contributed by atoms with Crippen molar-refractivity contribution in [3.05, 3.63) is 0 Å². The van der Waals surface area contributed by atoms with Gasteiger partial charge < -0.3 is 9.47 Å². The normalized spacial score (nSPS) is 49.4. The fourth-order valence-electron chi connectivity index (χ4n) is 7.93. The maximum atomic E-state index is 12.5. The summed E-state index contributed by atoms with van der Waals surface area (Å²) in [4.78, 5) is 24.2. The predicted molar refractivity (Wildman–Crippen MR) is 98.2 cm³/mol. The van der Waals surface area contributed by atoms with Crippen LogP contribution in [0.15, 0.2) is 0 Å². The van der Waals surface area contributed by atoms with Crippen molar-refractivity contribution in [3.8, 4) is 0 Å². The molecule has 4 rings (SSSR count). The van der Waals surface area contributed by atoms with Crippen LogP contribution in [0.3, 0.4) is 0 Å². The van der Waals surface area contributed by atoms with E-state index in [0.717, 1.165) is 12.8 Å². The first-order valence-electron chi connectivity index (χ1n) is 10.4. The van der Waals surface area contributed by atoms with E-state index >= 15 is 0 Å². The molecule has 3 aliphatic carbocycles. The molecule has 0 N–H and O–H groups in total. The second kappa shape index (κ2) is 5.72. The lowest BCUT2D eigenvalue weighted by Crippen LogP contribution is -2.62. The van der Waals surface area contributed by atoms with E-state index in [0.29, 0.717) is 23.9 Å². The van der Waals surface area contributed by atoms with Gasteiger partial charge in [-0.25, -0.2) is 0 Å². The topological polar surface area (TPSA) is 52.6 Å². The molecule has 0 bridgehead atoms. The minimum atomic E-state index is -0.314. The predicted octanol–water partition coefficient (Wildman–Crippen LogP) is 4.36. The van der Waals surface area contributed by atoms with E-state index < -0.39 is 0 Å². The molecule has 0 aromatic rings. The number of hydrogen-bond acceptors (Lipinski definition) is 4. The molecule has 0 aromatic heterocycles. The molecule has 1 saturated heterocycles. The number of cyclic esters (lactones) is 1. The van der Waals surface area contributed by atoms with Gasteiger partial charge in [-0.2, -0.15) is 0 Å². The van der Waals surface area contributed by atoms with Crippen LogP contribution in [-0.2, 0) is 19.1 Å². The van der Waals surface area contributed by atoms with Crippen molar-refractivity contribution in [1.29, 1.82) is 0 Å². The molecule has 0 aromatic carbocycles. The van der Waals surface area contributed by atoms with Crippen LogP contribution in [0.25, 0.3) is 0 Å². The van der Waals surface area contributed by atoms with Gasteiger partial charge in [0.15, 0.2) is 0 Å². The first-order valence-corrected chi connectivity index (χ1v) is 10.4. The Morgan fingerprint density at radius 3 is 2.50 bits per heavy atom. The summed E-state index contributed by atoms with van der Waals surface area (Å²) in [6.45, 7) is 11.7. The highest BCUT2D eigenvalue weighted by Crippen LogP contribution is 2.69. The molecule has 4 heteroatoms. The lowest BCUT2D eigenvalue weighted by Gasteiger charge is -2.66. The van der Waals surface area contributed by atoms with Crippen LogP contribution in [-0.4, -0.2) is 24.6 Å². The molecule has 1 heterocycles. The van der Waals surface area contributed by atoms with E-state index in [2.05, 4.69) is 27.7 Å². The van der Waals surface area contributed by atoms with Gasteiger partial charge >= 0.3 is 11.9 Å². The smallest absolute Gasteiger partial charge is 0.313 e. The Morgan fingerprint density at radius 1 is 1.08 bits per heavy atom. The Labute approximate surface area is 157 Å². The minimum Gasteiger partial charge on any atom is -0.465 e. The van der Waals surface area contributed by atoms with E-state index in [1.165, 1.54) is 32.6 Å². The second-order valence-electron chi connectivity index (χ2n) is 10.6. The average molecular weight is 363 g/mol. The van der Waals surface area contributed by atoms with Crippen molar-refractivity contribution in [1.82, 2.24) is 0 Å². The molecule has 26 heavy (non-hydrogen) atoms. The largest absolute Gasteiger partial charge is 0.465 e. The zero-order valence-electron chi connectivity index (χ0n) is 17.0. The standard InChI is InChI=1S/C22H34O4/c1-13(23)26-15-11-17-21(4,14-12-25-19(24)18(14)15)10-7-16-20(2,3)8-6-9-22(16,17)5/h14-18H,6-12H2,1-5H3/t14-,15+,16+,17+,18+,21+,22+/m1/s1. The van der Waals surface area contributed by atoms with Gasteiger partial charge in [0.2, 0.25) is 0 Å². The molecule has 4 nitrogen and oxygen atoms in total. The van der Waals surface area contributed by atoms with Crippen LogP contribution >= 0.6 is 0 Å². The zero-order valence-corrected chi connectivity index (χ0v) is 17.0. The molecule has 146 valence electrons. The number of rotatable bonds is 1. The third kappa shape index (κ3) is 2.39. The van der Waals surface area contributed by atoms with Gasteiger partial charge in [-0.3, -0.25) is 9.59 Å². The highest BCUT2D eigenvalue weighted by molar-refractivity contribution is 5.77. The fourth-order valence-corrected chi connectivity index (χ4v) is 7.93. The van der Waals surface area contributed by atoms with Gasteiger partial charge in [0.05, 0.1) is 6.61 Å². The van der Waals surface area contributed by atoms with E-state index in [4.69, 9.17) is 9.47 Å². The molecule has 0 unspecified atom stereocenters. The van der Waals surface area contributed by atoms with Gasteiger partial charge in [0, 0.05) is 12.8 Å². The molecule has 0 spiro atoms. The third-order valence-corrected chi connectivity index (χ3v) is 8.98. The van der Waals surface area contributed by atoms with E-state index in [1.54, 1.807) is 0 Å². The van der Waals surface area contributed by atoms with Crippen molar-refractivity contribution in [2.45, 2.75) is 79.2 Å². The minimum absolute atomic E-state index is 0.103. The van der Waals surface area contributed by atoms with Crippen molar-refractivity contribution in [3.63, 3.8) is 0 Å². The Balaban J connectivity index is 1.75. The number of hydrogen-bond donors (Lipinski definition) is 0. The Hall–Kier alpha value is -1.06. The Kier molecular flexibility index (Phi) is 4.03. The molecule has 7 atom stereocenters. The van der Waals surface area contributed by atoms with E-state index in [-0.39, 0.29) is 40.7 Å². The van der Waals surface area contributed by atoms with Crippen LogP contribution in [0.5, 0.6) is 0 Å². The van der Waals surface area contributed by atoms with Gasteiger partial charge in [-0.1, -0.05) is 34.1 Å².